The molecule has 0 saturated carbocycles. The van der Waals surface area contributed by atoms with Gasteiger partial charge in [-0.2, -0.15) is 8.42 Å². The number of nitrogens with one attached hydrogen (secondary N) is 1. The van der Waals surface area contributed by atoms with Crippen molar-refractivity contribution >= 4 is 38.9 Å². The number of nitrogen functional groups attached to an aromatic ring is 1. The number of halogens is 1. The van der Waals surface area contributed by atoms with Crippen molar-refractivity contribution in [1.82, 2.24) is 14.7 Å². The first-order chi connectivity index (χ1) is 17.8. The first kappa shape index (κ1) is 27.8. The second-order valence-electron chi connectivity index (χ2n) is 10.6. The van der Waals surface area contributed by atoms with Crippen LogP contribution in [0.4, 0.5) is 16.0 Å². The number of piperidine rings is 1. The van der Waals surface area contributed by atoms with Crippen LogP contribution < -0.4 is 20.1 Å². The third-order valence-electron chi connectivity index (χ3n) is 6.24. The molecule has 1 fully saturated rings. The van der Waals surface area contributed by atoms with E-state index in [1.165, 1.54) is 23.6 Å². The van der Waals surface area contributed by atoms with E-state index in [2.05, 4.69) is 23.6 Å². The lowest BCUT2D eigenvalue weighted by Gasteiger charge is -2.38. The number of anilines is 2. The highest BCUT2D eigenvalue weighted by Crippen LogP contribution is 2.34. The maximum Gasteiger partial charge on any atom is 0.291 e. The molecule has 38 heavy (non-hydrogen) atoms. The Morgan fingerprint density at radius 1 is 1.21 bits per heavy atom. The van der Waals surface area contributed by atoms with Crippen LogP contribution in [0.15, 0.2) is 40.1 Å². The van der Waals surface area contributed by atoms with Crippen molar-refractivity contribution in [1.29, 1.82) is 0 Å². The van der Waals surface area contributed by atoms with E-state index >= 15 is 0 Å². The number of hydrogen-bond donors (Lipinski definition) is 2. The summed E-state index contributed by atoms with van der Waals surface area (Å²) in [5.41, 5.74) is 6.71. The minimum atomic E-state index is -4.22. The van der Waals surface area contributed by atoms with Gasteiger partial charge < -0.3 is 15.4 Å². The lowest BCUT2D eigenvalue weighted by atomic mass is 9.82. The van der Waals surface area contributed by atoms with Crippen molar-refractivity contribution in [2.75, 3.05) is 30.3 Å². The van der Waals surface area contributed by atoms with Gasteiger partial charge in [0, 0.05) is 30.1 Å². The highest BCUT2D eigenvalue weighted by molar-refractivity contribution is 7.92. The van der Waals surface area contributed by atoms with Gasteiger partial charge in [-0.25, -0.2) is 19.1 Å². The van der Waals surface area contributed by atoms with E-state index in [0.717, 1.165) is 24.2 Å². The Labute approximate surface area is 226 Å². The van der Waals surface area contributed by atoms with E-state index < -0.39 is 21.7 Å². The normalized spacial score (nSPS) is 15.5. The number of pyridine rings is 1. The fourth-order valence-corrected chi connectivity index (χ4v) is 5.90. The number of sulfonamides is 1. The molecule has 9 nitrogen and oxygen atoms in total. The maximum atomic E-state index is 14.5. The molecule has 0 atom stereocenters. The monoisotopic (exact) mass is 561 g/mol. The number of carbonyl (C=O) groups excluding carboxylic acids is 1. The third-order valence-corrected chi connectivity index (χ3v) is 8.85. The summed E-state index contributed by atoms with van der Waals surface area (Å²) in [6, 6.07) is 7.45. The molecule has 4 rings (SSSR count). The molecule has 0 aliphatic carbocycles. The number of amides is 1. The predicted octanol–water partition coefficient (Wildman–Crippen LogP) is 4.71. The molecule has 0 unspecified atom stereocenters. The van der Waals surface area contributed by atoms with Crippen molar-refractivity contribution in [3.63, 3.8) is 0 Å². The van der Waals surface area contributed by atoms with E-state index in [9.17, 15) is 17.6 Å². The van der Waals surface area contributed by atoms with E-state index in [4.69, 9.17) is 15.5 Å². The van der Waals surface area contributed by atoms with E-state index in [1.54, 1.807) is 12.1 Å². The lowest BCUT2D eigenvalue weighted by molar-refractivity contribution is 0.0981. The molecule has 1 aliphatic heterocycles. The summed E-state index contributed by atoms with van der Waals surface area (Å²) in [5.74, 6) is -0.273. The molecular weight excluding hydrogens is 529 g/mol. The number of nitrogens with zero attached hydrogens (tertiary/aromatic N) is 3. The standard InChI is InChI=1S/C26H32FN5O4S2/c1-16(2)14-36-19-12-17(11-18(27)13-19)21-6-5-20(23(29-21)32-9-7-26(3,4)8-10-32)24(33)31-38(34,35)25-30-22(28)15-37-25/h5-6,11-13,15-16H,7-10,14,28H2,1-4H3,(H,31,33). The number of ether oxygens (including phenoxy) is 1. The highest BCUT2D eigenvalue weighted by atomic mass is 32.2. The molecule has 0 bridgehead atoms. The third kappa shape index (κ3) is 6.60. The average Bonchev–Trinajstić information content (AvgIpc) is 3.29. The van der Waals surface area contributed by atoms with E-state index in [-0.39, 0.29) is 27.1 Å². The fourth-order valence-electron chi connectivity index (χ4n) is 4.02. The Balaban J connectivity index is 1.71. The Bertz CT molecular complexity index is 1430. The van der Waals surface area contributed by atoms with Gasteiger partial charge in [-0.15, -0.1) is 11.3 Å². The molecule has 0 spiro atoms. The molecule has 3 aromatic rings. The zero-order valence-electron chi connectivity index (χ0n) is 21.8. The van der Waals surface area contributed by atoms with Crippen LogP contribution in [0.5, 0.6) is 5.75 Å². The predicted molar refractivity (Wildman–Crippen MR) is 146 cm³/mol. The topological polar surface area (TPSA) is 128 Å². The summed E-state index contributed by atoms with van der Waals surface area (Å²) in [4.78, 5) is 23.7. The van der Waals surface area contributed by atoms with Gasteiger partial charge in [0.1, 0.15) is 23.2 Å². The number of carbonyl (C=O) groups is 1. The summed E-state index contributed by atoms with van der Waals surface area (Å²) in [7, 11) is -4.22. The number of aromatic nitrogens is 2. The highest BCUT2D eigenvalue weighted by Gasteiger charge is 2.30. The molecule has 0 radical (unpaired) electrons. The second kappa shape index (κ2) is 10.9. The van der Waals surface area contributed by atoms with Crippen molar-refractivity contribution in [3.8, 4) is 17.0 Å². The molecule has 12 heteroatoms. The van der Waals surface area contributed by atoms with Crippen LogP contribution >= 0.6 is 11.3 Å². The van der Waals surface area contributed by atoms with Gasteiger partial charge in [0.2, 0.25) is 4.34 Å². The lowest BCUT2D eigenvalue weighted by Crippen LogP contribution is -2.39. The molecule has 1 saturated heterocycles. The Hall–Kier alpha value is -3.25. The van der Waals surface area contributed by atoms with Crippen molar-refractivity contribution in [2.45, 2.75) is 44.9 Å². The van der Waals surface area contributed by atoms with Crippen LogP contribution in [0.2, 0.25) is 0 Å². The number of nitrogens with two attached hydrogens (primary N) is 1. The van der Waals surface area contributed by atoms with Crippen LogP contribution in [0.3, 0.4) is 0 Å². The number of thiazole rings is 1. The smallest absolute Gasteiger partial charge is 0.291 e. The summed E-state index contributed by atoms with van der Waals surface area (Å²) in [5, 5.41) is 1.38. The maximum absolute atomic E-state index is 14.5. The average molecular weight is 562 g/mol. The van der Waals surface area contributed by atoms with Gasteiger partial charge in [-0.1, -0.05) is 27.7 Å². The van der Waals surface area contributed by atoms with Crippen LogP contribution in [0.25, 0.3) is 11.3 Å². The molecule has 1 aliphatic rings. The Morgan fingerprint density at radius 3 is 2.55 bits per heavy atom. The van der Waals surface area contributed by atoms with Crippen LogP contribution in [-0.4, -0.2) is 44.0 Å². The zero-order valence-corrected chi connectivity index (χ0v) is 23.5. The fraction of sp³-hybridized carbons (Fsp3) is 0.423. The first-order valence-corrected chi connectivity index (χ1v) is 14.7. The van der Waals surface area contributed by atoms with Crippen LogP contribution in [0, 0.1) is 17.2 Å². The molecule has 204 valence electrons. The van der Waals surface area contributed by atoms with Gasteiger partial charge in [-0.3, -0.25) is 4.79 Å². The van der Waals surface area contributed by atoms with Gasteiger partial charge >= 0.3 is 0 Å². The van der Waals surface area contributed by atoms with Gasteiger partial charge in [0.25, 0.3) is 15.9 Å². The molecule has 1 amide bonds. The summed E-state index contributed by atoms with van der Waals surface area (Å²) in [6.45, 7) is 10.1. The first-order valence-electron chi connectivity index (χ1n) is 12.3. The summed E-state index contributed by atoms with van der Waals surface area (Å²) >= 11 is 0.821. The molecule has 3 N–H and O–H groups in total. The summed E-state index contributed by atoms with van der Waals surface area (Å²) < 4.78 is 47.5. The SMILES string of the molecule is CC(C)COc1cc(F)cc(-c2ccc(C(=O)NS(=O)(=O)c3nc(N)cs3)c(N3CCC(C)(C)CC3)n2)c1. The van der Waals surface area contributed by atoms with Crippen LogP contribution in [0.1, 0.15) is 50.9 Å². The van der Waals surface area contributed by atoms with Gasteiger partial charge in [0.15, 0.2) is 0 Å². The minimum Gasteiger partial charge on any atom is -0.493 e. The summed E-state index contributed by atoms with van der Waals surface area (Å²) in [6.07, 6.45) is 1.73. The molecular formula is C26H32FN5O4S2. The minimum absolute atomic E-state index is 0.0531. The van der Waals surface area contributed by atoms with E-state index in [1.807, 2.05) is 18.7 Å². The Morgan fingerprint density at radius 2 is 1.92 bits per heavy atom. The zero-order chi connectivity index (χ0) is 27.7. The van der Waals surface area contributed by atoms with Gasteiger partial charge in [-0.05, 0) is 48.4 Å². The number of rotatable bonds is 8. The number of benzene rings is 1. The van der Waals surface area contributed by atoms with Crippen molar-refractivity contribution in [2.24, 2.45) is 11.3 Å². The second-order valence-corrected chi connectivity index (χ2v) is 13.3. The number of hydrogen-bond acceptors (Lipinski definition) is 9. The van der Waals surface area contributed by atoms with Crippen LogP contribution in [-0.2, 0) is 10.0 Å². The molecule has 2 aromatic heterocycles. The van der Waals surface area contributed by atoms with E-state index in [0.29, 0.717) is 42.5 Å². The molecule has 1 aromatic carbocycles. The Kier molecular flexibility index (Phi) is 7.93. The van der Waals surface area contributed by atoms with Gasteiger partial charge in [0.05, 0.1) is 17.9 Å². The molecule has 3 heterocycles. The quantitative estimate of drug-likeness (QED) is 0.405. The van der Waals surface area contributed by atoms with Crippen molar-refractivity contribution in [3.05, 3.63) is 47.1 Å². The van der Waals surface area contributed by atoms with Crippen molar-refractivity contribution < 1.29 is 22.3 Å². The largest absolute Gasteiger partial charge is 0.493 e.